The summed E-state index contributed by atoms with van der Waals surface area (Å²) in [5.74, 6) is -0.916. The van der Waals surface area contributed by atoms with Gasteiger partial charge in [-0.3, -0.25) is 10.1 Å². The minimum Gasteiger partial charge on any atom is -0.475 e. The van der Waals surface area contributed by atoms with Crippen molar-refractivity contribution < 1.29 is 19.2 Å². The van der Waals surface area contributed by atoms with Crippen LogP contribution in [0.3, 0.4) is 0 Å². The fourth-order valence-corrected chi connectivity index (χ4v) is 1.44. The summed E-state index contributed by atoms with van der Waals surface area (Å²) in [4.78, 5) is 24.7. The maximum absolute atomic E-state index is 10.8. The number of hydrogen-bond donors (Lipinski definition) is 2. The van der Waals surface area contributed by atoms with Crippen molar-refractivity contribution >= 4 is 17.5 Å². The third-order valence-corrected chi connectivity index (χ3v) is 2.29. The first-order chi connectivity index (χ1) is 9.08. The second kappa shape index (κ2) is 5.17. The lowest BCUT2D eigenvalue weighted by molar-refractivity contribution is -0.384. The molecule has 0 fully saturated rings. The Balaban J connectivity index is 2.10. The van der Waals surface area contributed by atoms with E-state index in [4.69, 9.17) is 9.52 Å². The highest BCUT2D eigenvalue weighted by Gasteiger charge is 2.14. The number of rotatable bonds is 5. The maximum atomic E-state index is 10.8. The fourth-order valence-electron chi connectivity index (χ4n) is 1.44. The fraction of sp³-hybridized carbons (Fsp3) is 0.0909. The summed E-state index contributed by atoms with van der Waals surface area (Å²) >= 11 is 0. The molecule has 0 saturated heterocycles. The van der Waals surface area contributed by atoms with Gasteiger partial charge in [-0.15, -0.1) is 0 Å². The summed E-state index contributed by atoms with van der Waals surface area (Å²) < 4.78 is 5.01. The van der Waals surface area contributed by atoms with Crippen LogP contribution in [0.1, 0.15) is 16.3 Å². The molecule has 0 aliphatic heterocycles. The van der Waals surface area contributed by atoms with Gasteiger partial charge < -0.3 is 14.8 Å². The van der Waals surface area contributed by atoms with E-state index < -0.39 is 10.9 Å². The minimum absolute atomic E-state index is 0.0979. The zero-order valence-electron chi connectivity index (χ0n) is 9.57. The Kier molecular flexibility index (Phi) is 3.42. The van der Waals surface area contributed by atoms with E-state index in [9.17, 15) is 14.9 Å². The molecule has 0 aromatic carbocycles. The van der Waals surface area contributed by atoms with E-state index in [0.29, 0.717) is 5.76 Å². The summed E-state index contributed by atoms with van der Waals surface area (Å²) in [6.45, 7) is 0.102. The van der Waals surface area contributed by atoms with Crippen molar-refractivity contribution in [2.24, 2.45) is 0 Å². The van der Waals surface area contributed by atoms with Crippen molar-refractivity contribution in [1.82, 2.24) is 4.98 Å². The van der Waals surface area contributed by atoms with Crippen molar-refractivity contribution in [3.63, 3.8) is 0 Å². The van der Waals surface area contributed by atoms with Gasteiger partial charge >= 0.3 is 11.7 Å². The van der Waals surface area contributed by atoms with Crippen LogP contribution in [0.25, 0.3) is 0 Å². The average molecular weight is 263 g/mol. The van der Waals surface area contributed by atoms with Gasteiger partial charge in [0.05, 0.1) is 11.5 Å². The number of carbonyl (C=O) groups is 1. The molecule has 0 aliphatic rings. The molecule has 0 spiro atoms. The van der Waals surface area contributed by atoms with E-state index in [1.807, 2.05) is 0 Å². The second-order valence-corrected chi connectivity index (χ2v) is 3.55. The first kappa shape index (κ1) is 12.6. The van der Waals surface area contributed by atoms with E-state index in [0.717, 1.165) is 0 Å². The minimum atomic E-state index is -1.17. The largest absolute Gasteiger partial charge is 0.475 e. The van der Waals surface area contributed by atoms with Crippen LogP contribution in [-0.2, 0) is 6.54 Å². The molecule has 2 aromatic heterocycles. The topological polar surface area (TPSA) is 119 Å². The summed E-state index contributed by atoms with van der Waals surface area (Å²) in [5.41, 5.74) is -0.160. The molecule has 0 radical (unpaired) electrons. The number of anilines is 1. The van der Waals surface area contributed by atoms with Gasteiger partial charge in [0.25, 0.3) is 0 Å². The summed E-state index contributed by atoms with van der Waals surface area (Å²) in [6, 6.07) is 5.57. The number of aromatic nitrogens is 1. The normalized spacial score (nSPS) is 10.1. The average Bonchev–Trinajstić information content (AvgIpc) is 2.85. The van der Waals surface area contributed by atoms with Gasteiger partial charge in [-0.2, -0.15) is 0 Å². The number of nitrogens with zero attached hydrogens (tertiary/aromatic N) is 2. The molecule has 2 rings (SSSR count). The van der Waals surface area contributed by atoms with Crippen LogP contribution in [0.4, 0.5) is 11.5 Å². The van der Waals surface area contributed by atoms with Gasteiger partial charge in [-0.25, -0.2) is 9.78 Å². The Labute approximate surface area is 106 Å². The van der Waals surface area contributed by atoms with Crippen molar-refractivity contribution in [2.75, 3.05) is 5.32 Å². The van der Waals surface area contributed by atoms with Gasteiger partial charge in [-0.05, 0) is 18.2 Å². The number of aromatic carboxylic acids is 1. The predicted molar refractivity (Wildman–Crippen MR) is 63.9 cm³/mol. The Morgan fingerprint density at radius 1 is 1.47 bits per heavy atom. The van der Waals surface area contributed by atoms with Crippen LogP contribution >= 0.6 is 0 Å². The molecule has 2 aromatic rings. The van der Waals surface area contributed by atoms with Crippen LogP contribution in [0.5, 0.6) is 0 Å². The first-order valence-electron chi connectivity index (χ1n) is 5.23. The van der Waals surface area contributed by atoms with Gasteiger partial charge in [0.15, 0.2) is 0 Å². The molecular formula is C11H9N3O5. The van der Waals surface area contributed by atoms with Crippen LogP contribution in [0.2, 0.25) is 0 Å². The molecule has 0 amide bonds. The van der Waals surface area contributed by atoms with E-state index in [1.165, 1.54) is 30.5 Å². The van der Waals surface area contributed by atoms with Gasteiger partial charge in [0.2, 0.25) is 11.6 Å². The van der Waals surface area contributed by atoms with Gasteiger partial charge in [-0.1, -0.05) is 0 Å². The van der Waals surface area contributed by atoms with E-state index >= 15 is 0 Å². The number of furan rings is 1. The van der Waals surface area contributed by atoms with E-state index in [-0.39, 0.29) is 23.8 Å². The SMILES string of the molecule is O=C(O)c1ccc(CNc2ncccc2[N+](=O)[O-])o1. The zero-order valence-corrected chi connectivity index (χ0v) is 9.57. The second-order valence-electron chi connectivity index (χ2n) is 3.55. The third-order valence-electron chi connectivity index (χ3n) is 2.29. The third kappa shape index (κ3) is 2.86. The highest BCUT2D eigenvalue weighted by molar-refractivity contribution is 5.84. The molecule has 8 nitrogen and oxygen atoms in total. The van der Waals surface area contributed by atoms with Crippen molar-refractivity contribution in [2.45, 2.75) is 6.54 Å². The molecule has 98 valence electrons. The molecule has 0 atom stereocenters. The summed E-state index contributed by atoms with van der Waals surface area (Å²) in [6.07, 6.45) is 1.42. The summed E-state index contributed by atoms with van der Waals surface area (Å²) in [7, 11) is 0. The predicted octanol–water partition coefficient (Wildman–Crippen LogP) is 1.89. The molecule has 0 bridgehead atoms. The number of carboxylic acids is 1. The number of carboxylic acid groups (broad SMARTS) is 1. The Morgan fingerprint density at radius 2 is 2.26 bits per heavy atom. The number of pyridine rings is 1. The highest BCUT2D eigenvalue weighted by atomic mass is 16.6. The van der Waals surface area contributed by atoms with E-state index in [2.05, 4.69) is 10.3 Å². The van der Waals surface area contributed by atoms with Crippen molar-refractivity contribution in [3.05, 3.63) is 52.1 Å². The zero-order chi connectivity index (χ0) is 13.8. The van der Waals surface area contributed by atoms with Gasteiger partial charge in [0, 0.05) is 12.3 Å². The Bertz CT molecular complexity index is 622. The Morgan fingerprint density at radius 3 is 2.89 bits per heavy atom. The molecular weight excluding hydrogens is 254 g/mol. The lowest BCUT2D eigenvalue weighted by Crippen LogP contribution is -2.03. The van der Waals surface area contributed by atoms with Crippen molar-refractivity contribution in [1.29, 1.82) is 0 Å². The quantitative estimate of drug-likeness (QED) is 0.624. The van der Waals surface area contributed by atoms with Crippen molar-refractivity contribution in [3.8, 4) is 0 Å². The molecule has 2 heterocycles. The molecule has 0 aliphatic carbocycles. The molecule has 0 unspecified atom stereocenters. The van der Waals surface area contributed by atoms with Crippen LogP contribution in [-0.4, -0.2) is 21.0 Å². The number of nitro groups is 1. The monoisotopic (exact) mass is 263 g/mol. The molecule has 19 heavy (non-hydrogen) atoms. The number of nitrogens with one attached hydrogen (secondary N) is 1. The number of hydrogen-bond acceptors (Lipinski definition) is 6. The lowest BCUT2D eigenvalue weighted by atomic mass is 10.3. The molecule has 8 heteroatoms. The molecule has 2 N–H and O–H groups in total. The smallest absolute Gasteiger partial charge is 0.371 e. The highest BCUT2D eigenvalue weighted by Crippen LogP contribution is 2.21. The Hall–Kier alpha value is -2.90. The van der Waals surface area contributed by atoms with Gasteiger partial charge in [0.1, 0.15) is 5.76 Å². The molecule has 0 saturated carbocycles. The van der Waals surface area contributed by atoms with Crippen LogP contribution < -0.4 is 5.32 Å². The standard InChI is InChI=1S/C11H9N3O5/c15-11(16)9-4-3-7(19-9)6-13-10-8(14(17)18)2-1-5-12-10/h1-5H,6H2,(H,12,13)(H,15,16). The van der Waals surface area contributed by atoms with Crippen LogP contribution in [0.15, 0.2) is 34.9 Å². The lowest BCUT2D eigenvalue weighted by Gasteiger charge is -2.03. The maximum Gasteiger partial charge on any atom is 0.371 e. The first-order valence-corrected chi connectivity index (χ1v) is 5.23. The van der Waals surface area contributed by atoms with E-state index in [1.54, 1.807) is 0 Å². The summed E-state index contributed by atoms with van der Waals surface area (Å²) in [5, 5.41) is 22.2. The van der Waals surface area contributed by atoms with Crippen LogP contribution in [0, 0.1) is 10.1 Å².